The van der Waals surface area contributed by atoms with Crippen molar-refractivity contribution >= 4 is 70.1 Å². The van der Waals surface area contributed by atoms with E-state index in [1.165, 1.54) is 95.1 Å². The molecule has 78 heavy (non-hydrogen) atoms. The second-order valence-corrected chi connectivity index (χ2v) is 17.9. The Labute approximate surface area is 444 Å². The van der Waals surface area contributed by atoms with Crippen LogP contribution in [0.5, 0.6) is 0 Å². The fourth-order valence-corrected chi connectivity index (χ4v) is 7.02. The number of anilines is 2. The molecule has 2 fully saturated rings. The van der Waals surface area contributed by atoms with Crippen molar-refractivity contribution in [1.82, 2.24) is 59.9 Å². The zero-order chi connectivity index (χ0) is 56.6. The van der Waals surface area contributed by atoms with Crippen molar-refractivity contribution in [3.8, 4) is 11.6 Å². The van der Waals surface area contributed by atoms with Crippen LogP contribution in [0.4, 0.5) is 56.1 Å². The van der Waals surface area contributed by atoms with Gasteiger partial charge in [0.25, 0.3) is 0 Å². The number of rotatable bonds is 16. The summed E-state index contributed by atoms with van der Waals surface area (Å²) in [4.78, 5) is 67.1. The van der Waals surface area contributed by atoms with Gasteiger partial charge in [-0.05, 0) is 85.6 Å². The number of alkyl halides is 8. The molecule has 412 valence electrons. The van der Waals surface area contributed by atoms with Crippen LogP contribution in [0.1, 0.15) is 35.6 Å². The Morgan fingerprint density at radius 3 is 1.28 bits per heavy atom. The predicted molar refractivity (Wildman–Crippen MR) is 260 cm³/mol. The molecule has 2 aliphatic rings. The van der Waals surface area contributed by atoms with E-state index in [0.29, 0.717) is 19.8 Å². The normalized spacial score (nSPS) is 17.3. The number of benzene rings is 2. The van der Waals surface area contributed by atoms with Gasteiger partial charge in [0.1, 0.15) is 36.7 Å². The van der Waals surface area contributed by atoms with Gasteiger partial charge in [-0.1, -0.05) is 23.2 Å². The number of carbonyl (C=O) groups excluding carboxylic acids is 4. The zero-order valence-electron chi connectivity index (χ0n) is 39.7. The molecular formula is C46H42Cl2F8N16O6. The number of nitrogens with one attached hydrogen (secondary N) is 6. The van der Waals surface area contributed by atoms with Gasteiger partial charge in [-0.25, -0.2) is 47.7 Å². The van der Waals surface area contributed by atoms with E-state index >= 15 is 0 Å². The molecule has 6 amide bonds. The van der Waals surface area contributed by atoms with Gasteiger partial charge in [-0.3, -0.25) is 30.2 Å². The fourth-order valence-electron chi connectivity index (χ4n) is 6.77. The summed E-state index contributed by atoms with van der Waals surface area (Å²) in [5.41, 5.74) is 0.652. The van der Waals surface area contributed by atoms with Crippen LogP contribution in [-0.2, 0) is 22.7 Å². The third-order valence-corrected chi connectivity index (χ3v) is 11.7. The SMILES string of the molecule is N=C(c1ccc(Cl)cc1)N(C[C@H](O)C(F)(F)F)C(=O)NCc1ncn(-c2ncccc2NC(=O)[C@@H]2C[C@H]2F)n1.N=C(c1ccc(Cl)cc1)N(C[C@H](O)C(F)(F)F)C(=O)NCc1ncn(-c2ncccc2NC(=O)[C@H]2C[C@@H]2F)n1. The first-order valence-electron chi connectivity index (χ1n) is 22.8. The maximum atomic E-state index is 13.2. The van der Waals surface area contributed by atoms with E-state index in [1.807, 2.05) is 0 Å². The van der Waals surface area contributed by atoms with Gasteiger partial charge in [-0.15, -0.1) is 10.2 Å². The summed E-state index contributed by atoms with van der Waals surface area (Å²) in [5, 5.41) is 54.4. The number of carbonyl (C=O) groups is 4. The summed E-state index contributed by atoms with van der Waals surface area (Å²) in [6, 6.07) is 14.9. The van der Waals surface area contributed by atoms with Crippen LogP contribution >= 0.6 is 23.2 Å². The van der Waals surface area contributed by atoms with Crippen molar-refractivity contribution in [2.24, 2.45) is 11.8 Å². The second kappa shape index (κ2) is 24.4. The zero-order valence-corrected chi connectivity index (χ0v) is 41.2. The van der Waals surface area contributed by atoms with Gasteiger partial charge in [0.05, 0.1) is 49.4 Å². The van der Waals surface area contributed by atoms with Crippen molar-refractivity contribution in [2.75, 3.05) is 23.7 Å². The average Bonchev–Trinajstić information content (AvgIpc) is 4.19. The molecule has 2 aromatic carbocycles. The molecule has 32 heteroatoms. The highest BCUT2D eigenvalue weighted by atomic mass is 35.5. The largest absolute Gasteiger partial charge is 0.416 e. The minimum Gasteiger partial charge on any atom is -0.382 e. The molecule has 6 aromatic rings. The standard InChI is InChI=1S/2C23H21ClF4N8O3/c2*24-13-5-3-12(4-6-13)19(29)35(10-17(37)23(26,27)28)22(39)31-9-18-32-11-36(34-18)20-16(2-1-7-30-20)33-21(38)14-8-15(14)25/h2*1-7,11,14-15,17,29,37H,8-10H2,(H,31,39)(H,33,38)/t14-,15-,17+;14-,15-,17-/m10/s1. The Bertz CT molecular complexity index is 2940. The number of amides is 6. The van der Waals surface area contributed by atoms with Crippen LogP contribution in [0.3, 0.4) is 0 Å². The Kier molecular flexibility index (Phi) is 18.0. The summed E-state index contributed by atoms with van der Waals surface area (Å²) in [6.07, 6.45) is -12.7. The number of aromatic nitrogens is 8. The van der Waals surface area contributed by atoms with Crippen LogP contribution in [0.15, 0.2) is 97.8 Å². The van der Waals surface area contributed by atoms with Gasteiger partial charge in [0.2, 0.25) is 11.8 Å². The van der Waals surface area contributed by atoms with E-state index in [1.54, 1.807) is 12.1 Å². The molecule has 8 rings (SSSR count). The second-order valence-electron chi connectivity index (χ2n) is 17.0. The maximum Gasteiger partial charge on any atom is 0.416 e. The minimum atomic E-state index is -5.03. The molecule has 0 radical (unpaired) electrons. The first-order chi connectivity index (χ1) is 36.9. The van der Waals surface area contributed by atoms with Gasteiger partial charge in [-0.2, -0.15) is 26.3 Å². The summed E-state index contributed by atoms with van der Waals surface area (Å²) in [5.74, 6) is -3.33. The monoisotopic (exact) mass is 1140 g/mol. The molecule has 0 bridgehead atoms. The van der Waals surface area contributed by atoms with Crippen LogP contribution in [0.25, 0.3) is 11.6 Å². The number of aliphatic hydroxyl groups excluding tert-OH is 2. The molecule has 2 aliphatic carbocycles. The van der Waals surface area contributed by atoms with Crippen LogP contribution < -0.4 is 21.3 Å². The van der Waals surface area contributed by atoms with E-state index in [9.17, 15) is 64.5 Å². The van der Waals surface area contributed by atoms with E-state index in [0.717, 1.165) is 0 Å². The van der Waals surface area contributed by atoms with Gasteiger partial charge in [0.15, 0.2) is 35.5 Å². The molecule has 0 unspecified atom stereocenters. The van der Waals surface area contributed by atoms with Crippen molar-refractivity contribution in [3.63, 3.8) is 0 Å². The number of halogens is 10. The summed E-state index contributed by atoms with van der Waals surface area (Å²) in [7, 11) is 0. The van der Waals surface area contributed by atoms with E-state index < -0.39 is 97.4 Å². The lowest BCUT2D eigenvalue weighted by Crippen LogP contribution is -2.50. The van der Waals surface area contributed by atoms with Gasteiger partial charge < -0.3 is 31.5 Å². The lowest BCUT2D eigenvalue weighted by atomic mass is 10.2. The van der Waals surface area contributed by atoms with E-state index in [-0.39, 0.29) is 71.7 Å². The molecule has 0 spiro atoms. The molecule has 4 aromatic heterocycles. The van der Waals surface area contributed by atoms with Gasteiger partial charge >= 0.3 is 24.4 Å². The number of amidine groups is 2. The summed E-state index contributed by atoms with van der Waals surface area (Å²) < 4.78 is 107. The molecular weight excluding hydrogens is 1100 g/mol. The molecule has 22 nitrogen and oxygen atoms in total. The third kappa shape index (κ3) is 15.0. The van der Waals surface area contributed by atoms with Crippen molar-refractivity contribution in [2.45, 2.75) is 62.8 Å². The van der Waals surface area contributed by atoms with Crippen LogP contribution in [-0.4, -0.2) is 145 Å². The first kappa shape index (κ1) is 57.5. The number of aliphatic hydroxyl groups is 2. The smallest absolute Gasteiger partial charge is 0.382 e. The Hall–Kier alpha value is -8.22. The average molecular weight is 1140 g/mol. The lowest BCUT2D eigenvalue weighted by Gasteiger charge is -2.27. The molecule has 6 atom stereocenters. The molecule has 0 saturated heterocycles. The Balaban J connectivity index is 0.000000226. The summed E-state index contributed by atoms with van der Waals surface area (Å²) in [6.45, 7) is -3.20. The third-order valence-electron chi connectivity index (χ3n) is 11.2. The van der Waals surface area contributed by atoms with Crippen molar-refractivity contribution in [1.29, 1.82) is 10.8 Å². The number of pyridine rings is 2. The quantitative estimate of drug-likeness (QED) is 0.0308. The van der Waals surface area contributed by atoms with Crippen molar-refractivity contribution in [3.05, 3.63) is 131 Å². The van der Waals surface area contributed by atoms with Crippen molar-refractivity contribution < 1.29 is 64.5 Å². The Morgan fingerprint density at radius 1 is 0.615 bits per heavy atom. The molecule has 0 aliphatic heterocycles. The van der Waals surface area contributed by atoms with Crippen LogP contribution in [0.2, 0.25) is 10.0 Å². The highest BCUT2D eigenvalue weighted by molar-refractivity contribution is 6.31. The first-order valence-corrected chi connectivity index (χ1v) is 23.5. The maximum absolute atomic E-state index is 13.2. The number of hydrogen-bond donors (Lipinski definition) is 8. The molecule has 8 N–H and O–H groups in total. The van der Waals surface area contributed by atoms with E-state index in [2.05, 4.69) is 51.4 Å². The van der Waals surface area contributed by atoms with Gasteiger partial charge in [0, 0.05) is 33.6 Å². The molecule has 4 heterocycles. The predicted octanol–water partition coefficient (Wildman–Crippen LogP) is 6.15. The number of hydrogen-bond acceptors (Lipinski definition) is 14. The highest BCUT2D eigenvalue weighted by Gasteiger charge is 2.45. The summed E-state index contributed by atoms with van der Waals surface area (Å²) >= 11 is 11.6. The minimum absolute atomic E-state index is 0.0200. The number of urea groups is 2. The topological polar surface area (TPSA) is 298 Å². The Morgan fingerprint density at radius 2 is 0.962 bits per heavy atom. The number of nitrogens with zero attached hydrogens (tertiary/aromatic N) is 10. The fraction of sp³-hybridized carbons (Fsp3) is 0.304. The lowest BCUT2D eigenvalue weighted by molar-refractivity contribution is -0.204. The van der Waals surface area contributed by atoms with Crippen LogP contribution in [0, 0.1) is 22.7 Å². The highest BCUT2D eigenvalue weighted by Crippen LogP contribution is 2.36. The molecule has 2 saturated carbocycles. The van der Waals surface area contributed by atoms with E-state index in [4.69, 9.17) is 34.0 Å².